The molecule has 0 saturated heterocycles. The topological polar surface area (TPSA) is 58.5 Å². The van der Waals surface area contributed by atoms with Gasteiger partial charge in [-0.15, -0.1) is 0 Å². The highest BCUT2D eigenvalue weighted by atomic mass is 16.5. The number of nitrogens with zero attached hydrogens (tertiary/aromatic N) is 2. The summed E-state index contributed by atoms with van der Waals surface area (Å²) in [6.07, 6.45) is 8.95. The summed E-state index contributed by atoms with van der Waals surface area (Å²) >= 11 is 0. The summed E-state index contributed by atoms with van der Waals surface area (Å²) in [5, 5.41) is 6.84. The van der Waals surface area contributed by atoms with Crippen molar-refractivity contribution in [3.05, 3.63) is 71.2 Å². The third-order valence-electron chi connectivity index (χ3n) is 4.92. The Morgan fingerprint density at radius 3 is 2.47 bits per heavy atom. The number of ether oxygens (including phenoxy) is 1. The monoisotopic (exact) mass is 408 g/mol. The Kier molecular flexibility index (Phi) is 10.3. The van der Waals surface area contributed by atoms with Crippen LogP contribution in [0.4, 0.5) is 0 Å². The van der Waals surface area contributed by atoms with Crippen LogP contribution >= 0.6 is 0 Å². The lowest BCUT2D eigenvalue weighted by atomic mass is 9.91. The lowest BCUT2D eigenvalue weighted by Crippen LogP contribution is -2.26. The number of methoxy groups -OCH3 is 1. The first-order valence-electron chi connectivity index (χ1n) is 10.7. The molecular weight excluding hydrogens is 372 g/mol. The van der Waals surface area contributed by atoms with Gasteiger partial charge in [0.1, 0.15) is 5.75 Å². The number of nitrogens with one attached hydrogen (secondary N) is 2. The van der Waals surface area contributed by atoms with E-state index < -0.39 is 0 Å². The highest BCUT2D eigenvalue weighted by molar-refractivity contribution is 5.79. The van der Waals surface area contributed by atoms with Gasteiger partial charge >= 0.3 is 0 Å². The van der Waals surface area contributed by atoms with Crippen LogP contribution in [-0.2, 0) is 19.5 Å². The number of rotatable bonds is 7. The number of aromatic nitrogens is 1. The first-order chi connectivity index (χ1) is 14.6. The average molecular weight is 409 g/mol. The molecule has 30 heavy (non-hydrogen) atoms. The zero-order valence-electron chi connectivity index (χ0n) is 19.0. The van der Waals surface area contributed by atoms with Crippen LogP contribution in [0.3, 0.4) is 0 Å². The van der Waals surface area contributed by atoms with Gasteiger partial charge < -0.3 is 15.4 Å². The Balaban J connectivity index is 0.000000396. The van der Waals surface area contributed by atoms with Gasteiger partial charge in [0.2, 0.25) is 0 Å². The van der Waals surface area contributed by atoms with Crippen LogP contribution in [0.2, 0.25) is 0 Å². The molecule has 3 rings (SSSR count). The van der Waals surface area contributed by atoms with Crippen molar-refractivity contribution in [1.82, 2.24) is 15.6 Å². The van der Waals surface area contributed by atoms with Gasteiger partial charge in [0.05, 0.1) is 25.0 Å². The first-order valence-corrected chi connectivity index (χ1v) is 10.7. The zero-order valence-corrected chi connectivity index (χ0v) is 19.0. The minimum atomic E-state index is 0.335. The predicted molar refractivity (Wildman–Crippen MR) is 126 cm³/mol. The molecule has 5 nitrogen and oxygen atoms in total. The predicted octanol–water partition coefficient (Wildman–Crippen LogP) is 4.98. The quantitative estimate of drug-likeness (QED) is 0.635. The van der Waals surface area contributed by atoms with E-state index >= 15 is 0 Å². The maximum atomic E-state index is 5.29. The van der Waals surface area contributed by atoms with Crippen LogP contribution in [0.25, 0.3) is 0 Å². The second-order valence-electron chi connectivity index (χ2n) is 7.65. The molecule has 1 aliphatic rings. The van der Waals surface area contributed by atoms with Crippen molar-refractivity contribution in [3.63, 3.8) is 0 Å². The van der Waals surface area contributed by atoms with Gasteiger partial charge in [0.15, 0.2) is 0 Å². The molecular formula is C25H36N4O. The summed E-state index contributed by atoms with van der Waals surface area (Å²) in [6.45, 7) is 7.68. The number of hydrogen-bond acceptors (Lipinski definition) is 5. The third-order valence-corrected chi connectivity index (χ3v) is 4.92. The van der Waals surface area contributed by atoms with Gasteiger partial charge in [-0.05, 0) is 69.8 Å². The number of fused-ring (bicyclic) bond motifs is 1. The molecule has 5 heteroatoms. The first kappa shape index (κ1) is 23.8. The minimum absolute atomic E-state index is 0.335. The number of pyridine rings is 1. The molecule has 0 bridgehead atoms. The molecule has 1 aromatic carbocycles. The van der Waals surface area contributed by atoms with E-state index in [-0.39, 0.29) is 0 Å². The molecule has 2 aromatic rings. The van der Waals surface area contributed by atoms with E-state index in [1.807, 2.05) is 40.1 Å². The molecule has 1 heterocycles. The second kappa shape index (κ2) is 12.9. The van der Waals surface area contributed by atoms with Crippen LogP contribution in [0.1, 0.15) is 62.0 Å². The van der Waals surface area contributed by atoms with Crippen LogP contribution in [0, 0.1) is 0 Å². The molecule has 0 spiro atoms. The van der Waals surface area contributed by atoms with Crippen LogP contribution in [0.15, 0.2) is 53.8 Å². The number of aliphatic imine (C=N–C) groups is 1. The van der Waals surface area contributed by atoms with Crippen molar-refractivity contribution in [3.8, 4) is 5.75 Å². The summed E-state index contributed by atoms with van der Waals surface area (Å²) < 4.78 is 5.29. The van der Waals surface area contributed by atoms with Crippen molar-refractivity contribution >= 4 is 5.71 Å². The Morgan fingerprint density at radius 2 is 1.90 bits per heavy atom. The van der Waals surface area contributed by atoms with Crippen LogP contribution < -0.4 is 15.4 Å². The maximum absolute atomic E-state index is 5.29. The molecule has 1 unspecified atom stereocenters. The Labute approximate surface area is 181 Å². The van der Waals surface area contributed by atoms with Gasteiger partial charge in [-0.25, -0.2) is 0 Å². The summed E-state index contributed by atoms with van der Waals surface area (Å²) in [6, 6.07) is 11.2. The van der Waals surface area contributed by atoms with Crippen molar-refractivity contribution in [2.75, 3.05) is 14.2 Å². The van der Waals surface area contributed by atoms with Crippen molar-refractivity contribution in [2.45, 2.75) is 59.2 Å². The average Bonchev–Trinajstić information content (AvgIpc) is 2.77. The fourth-order valence-electron chi connectivity index (χ4n) is 3.40. The highest BCUT2D eigenvalue weighted by Gasteiger charge is 2.21. The van der Waals surface area contributed by atoms with Crippen LogP contribution in [-0.4, -0.2) is 24.9 Å². The van der Waals surface area contributed by atoms with E-state index in [1.165, 1.54) is 28.8 Å². The smallest absolute Gasteiger partial charge is 0.137 e. The summed E-state index contributed by atoms with van der Waals surface area (Å²) in [7, 11) is 3.66. The van der Waals surface area contributed by atoms with Gasteiger partial charge in [-0.2, -0.15) is 0 Å². The van der Waals surface area contributed by atoms with E-state index in [4.69, 9.17) is 4.74 Å². The summed E-state index contributed by atoms with van der Waals surface area (Å²) in [5.41, 5.74) is 6.22. The Bertz CT molecular complexity index is 824. The standard InChI is InChI=1S/C19H25N3O.C6H11N/c1-20-11-14-6-8-15(9-7-14)12-21-18-5-3-4-16-10-17(23-2)13-22-19(16)18;1-4-5-7-6(2)3/h6-10,13,18,20-21H,3-5,11-12H2,1-2H3;4-5H,1-3H3/b;5-4-. The number of benzene rings is 1. The fraction of sp³-hybridized carbons (Fsp3) is 0.440. The molecule has 1 atom stereocenters. The van der Waals surface area contributed by atoms with Crippen molar-refractivity contribution < 1.29 is 4.74 Å². The molecule has 1 aromatic heterocycles. The lowest BCUT2D eigenvalue weighted by Gasteiger charge is -2.25. The molecule has 162 valence electrons. The van der Waals surface area contributed by atoms with Gasteiger partial charge in [0.25, 0.3) is 0 Å². The number of allylic oxidation sites excluding steroid dienone is 1. The molecule has 0 amide bonds. The minimum Gasteiger partial charge on any atom is -0.495 e. The van der Waals surface area contributed by atoms with E-state index in [2.05, 4.69) is 50.9 Å². The van der Waals surface area contributed by atoms with E-state index in [0.717, 1.165) is 37.4 Å². The van der Waals surface area contributed by atoms with Gasteiger partial charge in [0, 0.05) is 25.0 Å². The Hall–Kier alpha value is -2.50. The van der Waals surface area contributed by atoms with Crippen molar-refractivity contribution in [2.24, 2.45) is 4.99 Å². The largest absolute Gasteiger partial charge is 0.495 e. The molecule has 1 aliphatic carbocycles. The number of aryl methyl sites for hydroxylation is 1. The van der Waals surface area contributed by atoms with Crippen molar-refractivity contribution in [1.29, 1.82) is 0 Å². The van der Waals surface area contributed by atoms with Crippen LogP contribution in [0.5, 0.6) is 5.75 Å². The molecule has 0 fully saturated rings. The van der Waals surface area contributed by atoms with E-state index in [9.17, 15) is 0 Å². The summed E-state index contributed by atoms with van der Waals surface area (Å²) in [5.74, 6) is 0.851. The maximum Gasteiger partial charge on any atom is 0.137 e. The summed E-state index contributed by atoms with van der Waals surface area (Å²) in [4.78, 5) is 8.61. The molecule has 0 radical (unpaired) electrons. The normalized spacial score (nSPS) is 15.2. The second-order valence-corrected chi connectivity index (χ2v) is 7.65. The Morgan fingerprint density at radius 1 is 1.20 bits per heavy atom. The number of hydrogen-bond donors (Lipinski definition) is 2. The van der Waals surface area contributed by atoms with Gasteiger partial charge in [-0.1, -0.05) is 30.3 Å². The zero-order chi connectivity index (χ0) is 21.8. The van der Waals surface area contributed by atoms with E-state index in [0.29, 0.717) is 6.04 Å². The van der Waals surface area contributed by atoms with Gasteiger partial charge in [-0.3, -0.25) is 9.98 Å². The molecule has 0 aliphatic heterocycles. The molecule has 0 saturated carbocycles. The SMILES string of the molecule is C/C=C\N=C(C)C.CNCc1ccc(CNC2CCCc3cc(OC)cnc32)cc1. The highest BCUT2D eigenvalue weighted by Crippen LogP contribution is 2.30. The van der Waals surface area contributed by atoms with E-state index in [1.54, 1.807) is 13.3 Å². The third kappa shape index (κ3) is 7.73. The fourth-order valence-corrected chi connectivity index (χ4v) is 3.40. The lowest BCUT2D eigenvalue weighted by molar-refractivity contribution is 0.405. The molecule has 2 N–H and O–H groups in total.